The van der Waals surface area contributed by atoms with E-state index in [0.29, 0.717) is 34.7 Å². The van der Waals surface area contributed by atoms with Crippen molar-refractivity contribution in [3.63, 3.8) is 0 Å². The molecule has 0 saturated heterocycles. The minimum Gasteiger partial charge on any atom is -0.449 e. The molecule has 1 aliphatic heterocycles. The highest BCUT2D eigenvalue weighted by molar-refractivity contribution is 5.90. The molecule has 5 heteroatoms. The molecule has 0 atom stereocenters. The first-order valence-corrected chi connectivity index (χ1v) is 17.9. The molecule has 2 heterocycles. The zero-order valence-corrected chi connectivity index (χ0v) is 29.2. The topological polar surface area (TPSA) is 57.1 Å². The normalized spacial score (nSPS) is 13.2. The van der Waals surface area contributed by atoms with Crippen LogP contribution in [0.5, 0.6) is 23.0 Å². The van der Waals surface area contributed by atoms with Crippen LogP contribution in [0.4, 0.5) is 0 Å². The van der Waals surface area contributed by atoms with Crippen molar-refractivity contribution >= 4 is 0 Å². The number of benzene rings is 7. The van der Waals surface area contributed by atoms with E-state index in [1.807, 2.05) is 66.7 Å². The number of ether oxygens (including phenoxy) is 2. The Balaban J connectivity index is 1.09. The van der Waals surface area contributed by atoms with Crippen molar-refractivity contribution in [3.05, 3.63) is 175 Å². The third-order valence-electron chi connectivity index (χ3n) is 10.4. The second-order valence-corrected chi connectivity index (χ2v) is 14.0. The number of hydrogen-bond donors (Lipinski definition) is 0. The summed E-state index contributed by atoms with van der Waals surface area (Å²) < 4.78 is 13.6. The smallest absolute Gasteiger partial charge is 0.178 e. The molecule has 0 saturated carbocycles. The number of para-hydroxylation sites is 1. The van der Waals surface area contributed by atoms with Crippen LogP contribution in [0.3, 0.4) is 0 Å². The van der Waals surface area contributed by atoms with E-state index in [-0.39, 0.29) is 5.41 Å². The van der Waals surface area contributed by atoms with Crippen LogP contribution in [0.25, 0.3) is 67.5 Å². The number of nitrogens with zero attached hydrogens (tertiary/aromatic N) is 3. The highest BCUT2D eigenvalue weighted by atomic mass is 16.6. The fraction of sp³-hybridized carbons (Fsp3) is 0.0625. The number of aromatic nitrogens is 3. The van der Waals surface area contributed by atoms with Gasteiger partial charge in [-0.25, -0.2) is 15.0 Å². The molecule has 0 spiro atoms. The van der Waals surface area contributed by atoms with Crippen LogP contribution in [0.2, 0.25) is 0 Å². The second-order valence-electron chi connectivity index (χ2n) is 14.0. The molecule has 8 aromatic rings. The maximum Gasteiger partial charge on any atom is 0.178 e. The Morgan fingerprint density at radius 1 is 0.358 bits per heavy atom. The van der Waals surface area contributed by atoms with E-state index in [4.69, 9.17) is 24.4 Å². The Hall–Kier alpha value is -6.85. The summed E-state index contributed by atoms with van der Waals surface area (Å²) in [5.41, 5.74) is 11.5. The maximum atomic E-state index is 6.82. The van der Waals surface area contributed by atoms with Crippen LogP contribution in [-0.4, -0.2) is 15.0 Å². The largest absolute Gasteiger partial charge is 0.449 e. The van der Waals surface area contributed by atoms with E-state index in [1.54, 1.807) is 0 Å². The van der Waals surface area contributed by atoms with Gasteiger partial charge in [-0.3, -0.25) is 0 Å². The first-order valence-electron chi connectivity index (χ1n) is 17.9. The minimum atomic E-state index is -0.142. The summed E-state index contributed by atoms with van der Waals surface area (Å²) >= 11 is 0. The Morgan fingerprint density at radius 3 is 1.60 bits per heavy atom. The predicted octanol–water partition coefficient (Wildman–Crippen LogP) is 12.4. The predicted molar refractivity (Wildman–Crippen MR) is 211 cm³/mol. The van der Waals surface area contributed by atoms with Gasteiger partial charge in [-0.05, 0) is 45.5 Å². The molecule has 10 rings (SSSR count). The summed E-state index contributed by atoms with van der Waals surface area (Å²) in [5.74, 6) is 4.56. The molecule has 7 aromatic carbocycles. The van der Waals surface area contributed by atoms with Crippen molar-refractivity contribution in [1.29, 1.82) is 0 Å². The highest BCUT2D eigenvalue weighted by Gasteiger charge is 2.39. The van der Waals surface area contributed by atoms with Gasteiger partial charge in [-0.1, -0.05) is 166 Å². The van der Waals surface area contributed by atoms with Gasteiger partial charge in [-0.2, -0.15) is 0 Å². The van der Waals surface area contributed by atoms with Gasteiger partial charge < -0.3 is 9.47 Å². The first kappa shape index (κ1) is 30.9. The molecular formula is C48H33N3O2. The van der Waals surface area contributed by atoms with Crippen LogP contribution in [0, 0.1) is 0 Å². The standard InChI is InChI=1S/C48H33N3O2/c1-48(2)38-22-12-11-20-37(38)42-39(48)28-29-41-44(42)53-40-23-13-21-35(43(40)52-41)34-18-9-10-19-36(34)47-50-45(32-16-7-4-8-17-32)49-46(51-47)33-26-24-31(25-27-33)30-14-5-3-6-15-30/h3-29H,1-2H3. The van der Waals surface area contributed by atoms with Crippen LogP contribution in [0.1, 0.15) is 25.0 Å². The van der Waals surface area contributed by atoms with Crippen molar-refractivity contribution in [2.24, 2.45) is 0 Å². The third kappa shape index (κ3) is 5.12. The van der Waals surface area contributed by atoms with Gasteiger partial charge in [0.1, 0.15) is 0 Å². The molecule has 0 fully saturated rings. The SMILES string of the molecule is CC1(C)c2ccccc2-c2c1ccc1c2Oc2cccc(-c3ccccc3-c3nc(-c4ccccc4)nc(-c4ccc(-c5ccccc5)cc4)n3)c2O1. The molecule has 0 amide bonds. The summed E-state index contributed by atoms with van der Waals surface area (Å²) in [7, 11) is 0. The van der Waals surface area contributed by atoms with Crippen molar-refractivity contribution in [3.8, 4) is 90.5 Å². The lowest BCUT2D eigenvalue weighted by atomic mass is 9.82. The average molecular weight is 684 g/mol. The Morgan fingerprint density at radius 2 is 0.868 bits per heavy atom. The lowest BCUT2D eigenvalue weighted by Gasteiger charge is -2.26. The zero-order chi connectivity index (χ0) is 35.5. The molecule has 5 nitrogen and oxygen atoms in total. The molecule has 0 unspecified atom stereocenters. The first-order chi connectivity index (χ1) is 26.0. The molecule has 1 aromatic heterocycles. The monoisotopic (exact) mass is 683 g/mol. The summed E-state index contributed by atoms with van der Waals surface area (Å²) in [6.45, 7) is 4.54. The molecule has 53 heavy (non-hydrogen) atoms. The van der Waals surface area contributed by atoms with Gasteiger partial charge in [0.05, 0.1) is 0 Å². The average Bonchev–Trinajstić information content (AvgIpc) is 3.46. The van der Waals surface area contributed by atoms with E-state index in [2.05, 4.69) is 111 Å². The van der Waals surface area contributed by atoms with Crippen molar-refractivity contribution in [2.45, 2.75) is 19.3 Å². The molecule has 1 aliphatic carbocycles. The lowest BCUT2D eigenvalue weighted by molar-refractivity contribution is 0.361. The summed E-state index contributed by atoms with van der Waals surface area (Å²) in [6.07, 6.45) is 0. The molecular weight excluding hydrogens is 651 g/mol. The van der Waals surface area contributed by atoms with E-state index in [1.165, 1.54) is 16.7 Å². The van der Waals surface area contributed by atoms with Crippen LogP contribution in [0.15, 0.2) is 164 Å². The van der Waals surface area contributed by atoms with E-state index < -0.39 is 0 Å². The van der Waals surface area contributed by atoms with Crippen LogP contribution in [-0.2, 0) is 5.41 Å². The summed E-state index contributed by atoms with van der Waals surface area (Å²) in [6, 6.07) is 55.9. The van der Waals surface area contributed by atoms with Crippen molar-refractivity contribution < 1.29 is 9.47 Å². The number of hydrogen-bond acceptors (Lipinski definition) is 5. The van der Waals surface area contributed by atoms with Gasteiger partial charge in [0.2, 0.25) is 0 Å². The van der Waals surface area contributed by atoms with Gasteiger partial charge in [0.15, 0.2) is 40.5 Å². The second kappa shape index (κ2) is 12.1. The van der Waals surface area contributed by atoms with E-state index >= 15 is 0 Å². The molecule has 0 bridgehead atoms. The molecule has 252 valence electrons. The molecule has 0 N–H and O–H groups in total. The summed E-state index contributed by atoms with van der Waals surface area (Å²) in [4.78, 5) is 15.2. The lowest BCUT2D eigenvalue weighted by Crippen LogP contribution is -2.15. The Kier molecular flexibility index (Phi) is 7.08. The number of rotatable bonds is 5. The fourth-order valence-electron chi connectivity index (χ4n) is 7.76. The number of fused-ring (bicyclic) bond motifs is 6. The van der Waals surface area contributed by atoms with Crippen molar-refractivity contribution in [2.75, 3.05) is 0 Å². The summed E-state index contributed by atoms with van der Waals surface area (Å²) in [5, 5.41) is 0. The maximum absolute atomic E-state index is 6.82. The quantitative estimate of drug-likeness (QED) is 0.181. The van der Waals surface area contributed by atoms with Gasteiger partial charge in [-0.15, -0.1) is 0 Å². The third-order valence-corrected chi connectivity index (χ3v) is 10.4. The van der Waals surface area contributed by atoms with Gasteiger partial charge >= 0.3 is 0 Å². The van der Waals surface area contributed by atoms with Gasteiger partial charge in [0.25, 0.3) is 0 Å². The molecule has 0 radical (unpaired) electrons. The van der Waals surface area contributed by atoms with E-state index in [0.717, 1.165) is 50.3 Å². The van der Waals surface area contributed by atoms with Gasteiger partial charge in [0, 0.05) is 33.2 Å². The highest BCUT2D eigenvalue weighted by Crippen LogP contribution is 2.59. The zero-order valence-electron chi connectivity index (χ0n) is 29.2. The minimum absolute atomic E-state index is 0.142. The molecule has 2 aliphatic rings. The Labute approximate surface area is 308 Å². The van der Waals surface area contributed by atoms with Crippen molar-refractivity contribution in [1.82, 2.24) is 15.0 Å². The van der Waals surface area contributed by atoms with Crippen LogP contribution < -0.4 is 9.47 Å². The van der Waals surface area contributed by atoms with E-state index in [9.17, 15) is 0 Å². The Bertz CT molecular complexity index is 2690. The van der Waals surface area contributed by atoms with Crippen LogP contribution >= 0.6 is 0 Å². The fourth-order valence-corrected chi connectivity index (χ4v) is 7.76.